The quantitative estimate of drug-likeness (QED) is 0.811. The van der Waals surface area contributed by atoms with Crippen LogP contribution in [-0.4, -0.2) is 22.6 Å². The number of aromatic nitrogens is 1. The number of halogens is 1. The fourth-order valence-electron chi connectivity index (χ4n) is 1.94. The van der Waals surface area contributed by atoms with Crippen molar-refractivity contribution in [2.75, 3.05) is 17.2 Å². The predicted molar refractivity (Wildman–Crippen MR) is 78.8 cm³/mol. The third kappa shape index (κ3) is 3.00. The van der Waals surface area contributed by atoms with Gasteiger partial charge in [0.25, 0.3) is 5.91 Å². The highest BCUT2D eigenvalue weighted by atomic mass is 35.5. The van der Waals surface area contributed by atoms with E-state index in [1.807, 2.05) is 0 Å². The van der Waals surface area contributed by atoms with Gasteiger partial charge in [-0.15, -0.1) is 0 Å². The van der Waals surface area contributed by atoms with E-state index in [1.165, 1.54) is 6.20 Å². The van der Waals surface area contributed by atoms with E-state index in [2.05, 4.69) is 15.6 Å². The first-order valence-electron chi connectivity index (χ1n) is 6.26. The van der Waals surface area contributed by atoms with Gasteiger partial charge >= 0.3 is 0 Å². The molecule has 1 aliphatic rings. The number of carbonyl (C=O) groups is 1. The van der Waals surface area contributed by atoms with Gasteiger partial charge in [0.2, 0.25) is 0 Å². The lowest BCUT2D eigenvalue weighted by Gasteiger charge is -2.20. The third-order valence-electron chi connectivity index (χ3n) is 2.97. The van der Waals surface area contributed by atoms with Crippen molar-refractivity contribution in [3.63, 3.8) is 0 Å². The molecule has 1 aromatic heterocycles. The molecule has 1 aromatic carbocycles. The van der Waals surface area contributed by atoms with E-state index in [0.29, 0.717) is 28.7 Å². The average Bonchev–Trinajstić information content (AvgIpc) is 2.47. The minimum absolute atomic E-state index is 0.00636. The number of amides is 1. The number of hydrogen-bond donors (Lipinski definition) is 3. The minimum atomic E-state index is -0.201. The Labute approximate surface area is 125 Å². The Balaban J connectivity index is 1.76. The van der Waals surface area contributed by atoms with Gasteiger partial charge in [-0.2, -0.15) is 0 Å². The van der Waals surface area contributed by atoms with Crippen LogP contribution in [0, 0.1) is 0 Å². The van der Waals surface area contributed by atoms with Crippen LogP contribution in [0.15, 0.2) is 30.5 Å². The molecule has 2 heterocycles. The molecule has 6 nitrogen and oxygen atoms in total. The van der Waals surface area contributed by atoms with Gasteiger partial charge in [0.15, 0.2) is 6.61 Å². The summed E-state index contributed by atoms with van der Waals surface area (Å²) in [6.45, 7) is 0.443. The van der Waals surface area contributed by atoms with Gasteiger partial charge in [-0.3, -0.25) is 9.78 Å². The first-order valence-corrected chi connectivity index (χ1v) is 6.63. The molecule has 3 N–H and O–H groups in total. The second-order valence-corrected chi connectivity index (χ2v) is 4.93. The second-order valence-electron chi connectivity index (χ2n) is 4.53. The molecule has 108 valence electrons. The van der Waals surface area contributed by atoms with Crippen LogP contribution in [-0.2, 0) is 11.3 Å². The zero-order chi connectivity index (χ0) is 14.8. The number of fused-ring (bicyclic) bond motifs is 1. The third-order valence-corrected chi connectivity index (χ3v) is 3.28. The maximum Gasteiger partial charge on any atom is 0.262 e. The number of carbonyl (C=O) groups excluding carboxylic acids is 1. The Hall–Kier alpha value is -2.47. The van der Waals surface area contributed by atoms with E-state index in [1.54, 1.807) is 24.3 Å². The van der Waals surface area contributed by atoms with Crippen molar-refractivity contribution < 1.29 is 14.6 Å². The zero-order valence-corrected chi connectivity index (χ0v) is 11.6. The molecule has 0 saturated carbocycles. The summed E-state index contributed by atoms with van der Waals surface area (Å²) < 4.78 is 5.34. The van der Waals surface area contributed by atoms with Crippen LogP contribution in [0.3, 0.4) is 0 Å². The van der Waals surface area contributed by atoms with Crippen LogP contribution in [0.2, 0.25) is 5.02 Å². The Kier molecular flexibility index (Phi) is 3.53. The maximum absolute atomic E-state index is 11.2. The summed E-state index contributed by atoms with van der Waals surface area (Å²) in [7, 11) is 0. The Bertz CT molecular complexity index is 689. The van der Waals surface area contributed by atoms with Crippen molar-refractivity contribution in [3.05, 3.63) is 41.2 Å². The SMILES string of the molecule is O=C1COc2cc(NCc3ccc(O)cn3)c(Cl)cc2N1. The van der Waals surface area contributed by atoms with Crippen molar-refractivity contribution in [2.45, 2.75) is 6.54 Å². The van der Waals surface area contributed by atoms with E-state index in [4.69, 9.17) is 16.3 Å². The smallest absolute Gasteiger partial charge is 0.262 e. The number of anilines is 2. The normalized spacial score (nSPS) is 13.1. The molecule has 21 heavy (non-hydrogen) atoms. The van der Waals surface area contributed by atoms with Gasteiger partial charge in [-0.25, -0.2) is 0 Å². The molecule has 0 unspecified atom stereocenters. The summed E-state index contributed by atoms with van der Waals surface area (Å²) in [6.07, 6.45) is 1.38. The Morgan fingerprint density at radius 2 is 2.29 bits per heavy atom. The van der Waals surface area contributed by atoms with E-state index >= 15 is 0 Å². The molecule has 7 heteroatoms. The number of hydrogen-bond acceptors (Lipinski definition) is 5. The number of aromatic hydroxyl groups is 1. The molecule has 0 bridgehead atoms. The molecule has 1 aliphatic heterocycles. The van der Waals surface area contributed by atoms with Crippen LogP contribution >= 0.6 is 11.6 Å². The molecule has 3 rings (SSSR count). The lowest BCUT2D eigenvalue weighted by atomic mass is 10.2. The Morgan fingerprint density at radius 3 is 3.05 bits per heavy atom. The molecular formula is C14H12ClN3O3. The fraction of sp³-hybridized carbons (Fsp3) is 0.143. The van der Waals surface area contributed by atoms with Crippen molar-refractivity contribution in [1.82, 2.24) is 4.98 Å². The number of pyridine rings is 1. The van der Waals surface area contributed by atoms with Crippen molar-refractivity contribution in [3.8, 4) is 11.5 Å². The van der Waals surface area contributed by atoms with Gasteiger partial charge < -0.3 is 20.5 Å². The van der Waals surface area contributed by atoms with Gasteiger partial charge in [-0.1, -0.05) is 11.6 Å². The molecule has 0 fully saturated rings. The highest BCUT2D eigenvalue weighted by Crippen LogP contribution is 2.36. The average molecular weight is 306 g/mol. The number of nitrogens with zero attached hydrogens (tertiary/aromatic N) is 1. The van der Waals surface area contributed by atoms with Gasteiger partial charge in [-0.05, 0) is 18.2 Å². The molecule has 0 spiro atoms. The van der Waals surface area contributed by atoms with Gasteiger partial charge in [0.1, 0.15) is 11.5 Å². The standard InChI is InChI=1S/C14H12ClN3O3/c15-10-3-12-13(21-7-14(20)18-12)4-11(10)17-5-8-1-2-9(19)6-16-8/h1-4,6,17,19H,5,7H2,(H,18,20). The van der Waals surface area contributed by atoms with E-state index in [9.17, 15) is 9.90 Å². The fourth-order valence-corrected chi connectivity index (χ4v) is 2.17. The summed E-state index contributed by atoms with van der Waals surface area (Å²) >= 11 is 6.17. The largest absolute Gasteiger partial charge is 0.506 e. The molecule has 0 saturated heterocycles. The van der Waals surface area contributed by atoms with Gasteiger partial charge in [0, 0.05) is 6.07 Å². The van der Waals surface area contributed by atoms with Crippen LogP contribution in [0.25, 0.3) is 0 Å². The van der Waals surface area contributed by atoms with Crippen LogP contribution < -0.4 is 15.4 Å². The molecule has 2 aromatic rings. The second kappa shape index (κ2) is 5.49. The van der Waals surface area contributed by atoms with Crippen molar-refractivity contribution in [2.24, 2.45) is 0 Å². The highest BCUT2D eigenvalue weighted by molar-refractivity contribution is 6.33. The van der Waals surface area contributed by atoms with E-state index in [-0.39, 0.29) is 18.3 Å². The number of rotatable bonds is 3. The molecule has 0 atom stereocenters. The van der Waals surface area contributed by atoms with Crippen molar-refractivity contribution in [1.29, 1.82) is 0 Å². The number of ether oxygens (including phenoxy) is 1. The van der Waals surface area contributed by atoms with Crippen LogP contribution in [0.4, 0.5) is 11.4 Å². The first kappa shape index (κ1) is 13.5. The van der Waals surface area contributed by atoms with Gasteiger partial charge in [0.05, 0.1) is 34.8 Å². The maximum atomic E-state index is 11.2. The summed E-state index contributed by atoms with van der Waals surface area (Å²) in [5, 5.41) is 15.5. The zero-order valence-electron chi connectivity index (χ0n) is 10.9. The summed E-state index contributed by atoms with van der Waals surface area (Å²) in [4.78, 5) is 15.3. The highest BCUT2D eigenvalue weighted by Gasteiger charge is 2.18. The molecular weight excluding hydrogens is 294 g/mol. The molecule has 0 radical (unpaired) electrons. The number of benzene rings is 1. The molecule has 0 aliphatic carbocycles. The topological polar surface area (TPSA) is 83.5 Å². The Morgan fingerprint density at radius 1 is 1.43 bits per heavy atom. The van der Waals surface area contributed by atoms with Crippen LogP contribution in [0.5, 0.6) is 11.5 Å². The van der Waals surface area contributed by atoms with Crippen molar-refractivity contribution >= 4 is 28.9 Å². The van der Waals surface area contributed by atoms with E-state index < -0.39 is 0 Å². The van der Waals surface area contributed by atoms with E-state index in [0.717, 1.165) is 5.69 Å². The summed E-state index contributed by atoms with van der Waals surface area (Å²) in [5.41, 5.74) is 2.00. The minimum Gasteiger partial charge on any atom is -0.506 e. The number of nitrogens with one attached hydrogen (secondary N) is 2. The lowest BCUT2D eigenvalue weighted by Crippen LogP contribution is -2.25. The predicted octanol–water partition coefficient (Wildman–Crippen LogP) is 2.38. The first-order chi connectivity index (χ1) is 10.1. The molecule has 1 amide bonds. The monoisotopic (exact) mass is 305 g/mol. The lowest BCUT2D eigenvalue weighted by molar-refractivity contribution is -0.118. The van der Waals surface area contributed by atoms with Crippen LogP contribution in [0.1, 0.15) is 5.69 Å². The summed E-state index contributed by atoms with van der Waals surface area (Å²) in [6, 6.07) is 6.65. The summed E-state index contributed by atoms with van der Waals surface area (Å²) in [5.74, 6) is 0.488.